The number of benzene rings is 3. The number of amides is 2. The number of carbonyl (C=O) groups is 2. The van der Waals surface area contributed by atoms with Crippen molar-refractivity contribution in [1.29, 1.82) is 0 Å². The molecular formula is C26H20Cl2FNO5S. The highest BCUT2D eigenvalue weighted by Crippen LogP contribution is 2.35. The minimum absolute atomic E-state index is 0.102. The zero-order valence-corrected chi connectivity index (χ0v) is 21.3. The average molecular weight is 548 g/mol. The van der Waals surface area contributed by atoms with Crippen LogP contribution in [0.4, 0.5) is 9.18 Å². The summed E-state index contributed by atoms with van der Waals surface area (Å²) >= 11 is 12.8. The van der Waals surface area contributed by atoms with E-state index in [1.165, 1.54) is 19.2 Å². The van der Waals surface area contributed by atoms with E-state index in [9.17, 15) is 14.0 Å². The van der Waals surface area contributed by atoms with Crippen LogP contribution in [0.2, 0.25) is 10.0 Å². The van der Waals surface area contributed by atoms with Crippen LogP contribution in [0.1, 0.15) is 11.1 Å². The van der Waals surface area contributed by atoms with Gasteiger partial charge < -0.3 is 14.2 Å². The molecule has 3 aromatic carbocycles. The predicted octanol–water partition coefficient (Wildman–Crippen LogP) is 6.84. The van der Waals surface area contributed by atoms with Gasteiger partial charge in [-0.2, -0.15) is 0 Å². The second-order valence-corrected chi connectivity index (χ2v) is 9.37. The summed E-state index contributed by atoms with van der Waals surface area (Å²) in [4.78, 5) is 26.7. The third-order valence-corrected chi connectivity index (χ3v) is 6.70. The first-order valence-corrected chi connectivity index (χ1v) is 12.3. The molecule has 1 aliphatic rings. The van der Waals surface area contributed by atoms with Gasteiger partial charge in [0.15, 0.2) is 11.5 Å². The van der Waals surface area contributed by atoms with E-state index < -0.39 is 11.7 Å². The van der Waals surface area contributed by atoms with Gasteiger partial charge in [0.2, 0.25) is 0 Å². The van der Waals surface area contributed by atoms with Crippen molar-refractivity contribution < 1.29 is 28.2 Å². The molecule has 0 saturated carbocycles. The third-order valence-electron chi connectivity index (χ3n) is 5.19. The Morgan fingerprint density at radius 2 is 1.78 bits per heavy atom. The van der Waals surface area contributed by atoms with E-state index in [-0.39, 0.29) is 40.5 Å². The Morgan fingerprint density at radius 3 is 2.50 bits per heavy atom. The Morgan fingerprint density at radius 1 is 1.00 bits per heavy atom. The molecule has 0 unspecified atom stereocenters. The van der Waals surface area contributed by atoms with Crippen molar-refractivity contribution in [1.82, 2.24) is 4.90 Å². The highest BCUT2D eigenvalue weighted by atomic mass is 35.5. The quantitative estimate of drug-likeness (QED) is 0.273. The fraction of sp³-hybridized carbons (Fsp3) is 0.154. The molecule has 0 aromatic heterocycles. The van der Waals surface area contributed by atoms with Crippen LogP contribution in [0.15, 0.2) is 65.6 Å². The van der Waals surface area contributed by atoms with E-state index in [0.717, 1.165) is 16.7 Å². The topological polar surface area (TPSA) is 65.1 Å². The van der Waals surface area contributed by atoms with Crippen molar-refractivity contribution in [3.05, 3.63) is 92.6 Å². The first kappa shape index (κ1) is 25.9. The molecule has 1 saturated heterocycles. The zero-order valence-electron chi connectivity index (χ0n) is 19.0. The summed E-state index contributed by atoms with van der Waals surface area (Å²) in [6.45, 7) is 0.131. The molecule has 6 nitrogen and oxygen atoms in total. The fourth-order valence-corrected chi connectivity index (χ4v) is 4.55. The van der Waals surface area contributed by atoms with Gasteiger partial charge in [0.05, 0.1) is 23.6 Å². The van der Waals surface area contributed by atoms with Crippen LogP contribution in [0.3, 0.4) is 0 Å². The number of thioether (sulfide) groups is 1. The summed E-state index contributed by atoms with van der Waals surface area (Å²) in [6.07, 6.45) is 1.59. The first-order valence-electron chi connectivity index (χ1n) is 10.7. The number of carbonyl (C=O) groups excluding carboxylic acids is 2. The van der Waals surface area contributed by atoms with E-state index in [1.54, 1.807) is 54.6 Å². The minimum atomic E-state index is -0.480. The number of ether oxygens (including phenoxy) is 3. The second-order valence-electron chi connectivity index (χ2n) is 7.53. The number of imide groups is 1. The van der Waals surface area contributed by atoms with Crippen LogP contribution in [0.25, 0.3) is 6.08 Å². The third kappa shape index (κ3) is 6.13. The molecule has 0 atom stereocenters. The molecule has 0 aliphatic carbocycles. The molecule has 0 N–H and O–H groups in total. The lowest BCUT2D eigenvalue weighted by Gasteiger charge is -2.13. The number of nitrogens with zero attached hydrogens (tertiary/aromatic N) is 1. The Bertz CT molecular complexity index is 1300. The predicted molar refractivity (Wildman–Crippen MR) is 138 cm³/mol. The summed E-state index contributed by atoms with van der Waals surface area (Å²) in [5.74, 6) is 0.449. The molecule has 0 bridgehead atoms. The Kier molecular flexibility index (Phi) is 8.40. The van der Waals surface area contributed by atoms with E-state index in [1.807, 2.05) is 0 Å². The summed E-state index contributed by atoms with van der Waals surface area (Å²) in [6, 6.07) is 16.2. The largest absolute Gasteiger partial charge is 0.493 e. The highest BCUT2D eigenvalue weighted by Gasteiger charge is 2.34. The number of methoxy groups -OCH3 is 1. The summed E-state index contributed by atoms with van der Waals surface area (Å²) < 4.78 is 30.8. The van der Waals surface area contributed by atoms with Crippen LogP contribution in [-0.4, -0.2) is 36.3 Å². The van der Waals surface area contributed by atoms with Crippen molar-refractivity contribution >= 4 is 52.2 Å². The molecule has 2 amide bonds. The van der Waals surface area contributed by atoms with Gasteiger partial charge in [-0.05, 0) is 71.9 Å². The molecule has 1 heterocycles. The number of hydrogen-bond acceptors (Lipinski definition) is 6. The molecule has 0 radical (unpaired) electrons. The molecule has 1 aliphatic heterocycles. The Hall–Kier alpha value is -3.20. The van der Waals surface area contributed by atoms with E-state index in [4.69, 9.17) is 37.4 Å². The molecule has 186 valence electrons. The van der Waals surface area contributed by atoms with Gasteiger partial charge in [0.25, 0.3) is 11.1 Å². The zero-order chi connectivity index (χ0) is 25.7. The van der Waals surface area contributed by atoms with Crippen molar-refractivity contribution in [3.63, 3.8) is 0 Å². The van der Waals surface area contributed by atoms with Gasteiger partial charge in [-0.3, -0.25) is 14.5 Å². The Balaban J connectivity index is 1.44. The van der Waals surface area contributed by atoms with Crippen LogP contribution >= 0.6 is 35.0 Å². The van der Waals surface area contributed by atoms with Crippen molar-refractivity contribution in [2.75, 3.05) is 20.3 Å². The average Bonchev–Trinajstić information content (AvgIpc) is 3.12. The van der Waals surface area contributed by atoms with Gasteiger partial charge >= 0.3 is 0 Å². The van der Waals surface area contributed by atoms with Crippen LogP contribution in [0, 0.1) is 5.82 Å². The summed E-state index contributed by atoms with van der Waals surface area (Å²) in [5.41, 5.74) is 0.821. The van der Waals surface area contributed by atoms with Crippen molar-refractivity contribution in [2.45, 2.75) is 6.61 Å². The van der Waals surface area contributed by atoms with Gasteiger partial charge in [-0.15, -0.1) is 0 Å². The molecule has 3 aromatic rings. The smallest absolute Gasteiger partial charge is 0.293 e. The minimum Gasteiger partial charge on any atom is -0.493 e. The van der Waals surface area contributed by atoms with Gasteiger partial charge in [0, 0.05) is 10.6 Å². The fourth-order valence-electron chi connectivity index (χ4n) is 3.35. The van der Waals surface area contributed by atoms with Gasteiger partial charge in [-0.25, -0.2) is 4.39 Å². The normalized spacial score (nSPS) is 14.4. The van der Waals surface area contributed by atoms with Crippen molar-refractivity contribution in [3.8, 4) is 17.2 Å². The summed E-state index contributed by atoms with van der Waals surface area (Å²) in [7, 11) is 1.48. The van der Waals surface area contributed by atoms with E-state index in [2.05, 4.69) is 0 Å². The van der Waals surface area contributed by atoms with Crippen molar-refractivity contribution in [2.24, 2.45) is 0 Å². The van der Waals surface area contributed by atoms with Crippen LogP contribution < -0.4 is 14.2 Å². The van der Waals surface area contributed by atoms with E-state index >= 15 is 0 Å². The molecule has 36 heavy (non-hydrogen) atoms. The molecule has 10 heteroatoms. The molecular weight excluding hydrogens is 528 g/mol. The summed E-state index contributed by atoms with van der Waals surface area (Å²) in [5, 5.41) is 0.450. The first-order chi connectivity index (χ1) is 17.4. The molecule has 4 rings (SSSR count). The number of hydrogen-bond donors (Lipinski definition) is 0. The van der Waals surface area contributed by atoms with Crippen LogP contribution in [-0.2, 0) is 11.4 Å². The van der Waals surface area contributed by atoms with Gasteiger partial charge in [-0.1, -0.05) is 35.3 Å². The number of rotatable bonds is 9. The van der Waals surface area contributed by atoms with Gasteiger partial charge in [0.1, 0.15) is 24.8 Å². The SMILES string of the molecule is COc1ccc(/C=C2\SC(=O)N(CCOc3ccc(Cl)cc3)C2=O)cc1OCc1c(F)cccc1Cl. The Labute approximate surface area is 221 Å². The maximum Gasteiger partial charge on any atom is 0.293 e. The highest BCUT2D eigenvalue weighted by molar-refractivity contribution is 8.18. The lowest BCUT2D eigenvalue weighted by Crippen LogP contribution is -2.32. The van der Waals surface area contributed by atoms with Crippen LogP contribution in [0.5, 0.6) is 17.2 Å². The molecule has 0 spiro atoms. The van der Waals surface area contributed by atoms with E-state index in [0.29, 0.717) is 27.8 Å². The molecule has 1 fully saturated rings. The lowest BCUT2D eigenvalue weighted by molar-refractivity contribution is -0.123. The maximum atomic E-state index is 14.1. The maximum absolute atomic E-state index is 14.1. The second kappa shape index (κ2) is 11.7. The monoisotopic (exact) mass is 547 g/mol. The number of halogens is 3. The lowest BCUT2D eigenvalue weighted by atomic mass is 10.1. The standard InChI is InChI=1S/C26H20Cl2FNO5S/c1-33-22-10-5-16(13-23(22)35-15-19-20(28)3-2-4-21(19)29)14-24-25(31)30(26(32)36-24)11-12-34-18-8-6-17(27)7-9-18/h2-10,13-14H,11-12,15H2,1H3/b24-14-.